The van der Waals surface area contributed by atoms with Crippen molar-refractivity contribution in [2.45, 2.75) is 40.1 Å². The SMILES string of the molecule is N=C(O[C@H]1O[C@H](COC(c2ccccc2)(c2ccccc2)c2ccccc2)[C@H](OC(=O)c2ccccc2)[C@H](OC(=O)c2ccccc2)[C@H]1OC(=O)c1ccccc1)C(Cl)(Cl)Cl. The maximum absolute atomic E-state index is 14.1. The van der Waals surface area contributed by atoms with Crippen molar-refractivity contribution in [1.29, 1.82) is 5.41 Å². The van der Waals surface area contributed by atoms with Crippen molar-refractivity contribution in [3.8, 4) is 0 Å². The highest BCUT2D eigenvalue weighted by Crippen LogP contribution is 2.42. The van der Waals surface area contributed by atoms with E-state index >= 15 is 0 Å². The summed E-state index contributed by atoms with van der Waals surface area (Å²) in [5, 5.41) is 8.57. The van der Waals surface area contributed by atoms with Crippen LogP contribution in [0.3, 0.4) is 0 Å². The number of halogens is 3. The second-order valence-electron chi connectivity index (χ2n) is 13.8. The maximum atomic E-state index is 14.1. The first-order valence-corrected chi connectivity index (χ1v) is 20.2. The average Bonchev–Trinajstić information content (AvgIpc) is 3.30. The molecule has 10 nitrogen and oxygen atoms in total. The van der Waals surface area contributed by atoms with Crippen LogP contribution in [0, 0.1) is 5.41 Å². The van der Waals surface area contributed by atoms with Crippen LogP contribution in [0.25, 0.3) is 0 Å². The van der Waals surface area contributed by atoms with E-state index in [-0.39, 0.29) is 23.3 Å². The number of carbonyl (C=O) groups excluding carboxylic acids is 3. The molecule has 1 aliphatic rings. The van der Waals surface area contributed by atoms with Crippen molar-refractivity contribution in [2.75, 3.05) is 6.61 Å². The van der Waals surface area contributed by atoms with Crippen LogP contribution in [0.15, 0.2) is 182 Å². The summed E-state index contributed by atoms with van der Waals surface area (Å²) in [5.74, 6) is -3.47. The summed E-state index contributed by atoms with van der Waals surface area (Å²) in [7, 11) is 0. The molecule has 13 heteroatoms. The van der Waals surface area contributed by atoms with Crippen molar-refractivity contribution < 1.29 is 42.8 Å². The molecule has 0 spiro atoms. The largest absolute Gasteiger partial charge is 0.452 e. The van der Waals surface area contributed by atoms with Crippen LogP contribution >= 0.6 is 34.8 Å². The van der Waals surface area contributed by atoms with Crippen molar-refractivity contribution in [3.05, 3.63) is 215 Å². The molecule has 6 aromatic carbocycles. The molecular weight excluding hydrogens is 841 g/mol. The van der Waals surface area contributed by atoms with Crippen LogP contribution in [0.4, 0.5) is 0 Å². The molecule has 0 saturated carbocycles. The summed E-state index contributed by atoms with van der Waals surface area (Å²) in [4.78, 5) is 42.0. The van der Waals surface area contributed by atoms with E-state index in [2.05, 4.69) is 0 Å². The molecule has 1 aliphatic heterocycles. The van der Waals surface area contributed by atoms with Crippen molar-refractivity contribution in [1.82, 2.24) is 0 Å². The fraction of sp³-hybridized carbons (Fsp3) is 0.167. The summed E-state index contributed by atoms with van der Waals surface area (Å²) >= 11 is 18.4. The molecule has 1 heterocycles. The van der Waals surface area contributed by atoms with E-state index in [1.165, 1.54) is 24.3 Å². The second-order valence-corrected chi connectivity index (χ2v) is 16.1. The Balaban J connectivity index is 1.38. The third-order valence-corrected chi connectivity index (χ3v) is 10.4. The van der Waals surface area contributed by atoms with Crippen LogP contribution in [-0.4, -0.2) is 64.9 Å². The summed E-state index contributed by atoms with van der Waals surface area (Å²) in [6, 6.07) is 52.7. The van der Waals surface area contributed by atoms with E-state index in [1.54, 1.807) is 66.7 Å². The molecule has 310 valence electrons. The molecule has 0 amide bonds. The van der Waals surface area contributed by atoms with E-state index in [0.29, 0.717) is 0 Å². The first-order chi connectivity index (χ1) is 29.5. The molecule has 61 heavy (non-hydrogen) atoms. The lowest BCUT2D eigenvalue weighted by molar-refractivity contribution is -0.285. The van der Waals surface area contributed by atoms with Gasteiger partial charge in [0.1, 0.15) is 11.7 Å². The van der Waals surface area contributed by atoms with Gasteiger partial charge in [-0.2, -0.15) is 0 Å². The molecule has 6 aromatic rings. The Bertz CT molecular complexity index is 2290. The number of nitrogens with one attached hydrogen (secondary N) is 1. The standard InChI is InChI=1S/C48H38Cl3NO9/c49-48(50,51)46(52)61-45-41(60-44(55)34-23-11-3-12-24-34)40(59-43(54)33-21-9-2-10-22-33)39(58-42(53)32-19-7-1-8-20-32)38(57-45)31-56-47(35-25-13-4-14-26-35,36-27-15-5-16-28-36)37-29-17-6-18-30-37/h1-30,38-41,45,52H,31H2/t38-,39+,40+,41-,45-/m1/s1. The Morgan fingerprint density at radius 1 is 0.475 bits per heavy atom. The molecule has 0 aromatic heterocycles. The number of esters is 3. The minimum Gasteiger partial charge on any atom is -0.452 e. The zero-order valence-electron chi connectivity index (χ0n) is 32.2. The average molecular weight is 879 g/mol. The second kappa shape index (κ2) is 19.6. The van der Waals surface area contributed by atoms with Gasteiger partial charge in [-0.15, -0.1) is 0 Å². The molecule has 0 bridgehead atoms. The van der Waals surface area contributed by atoms with Gasteiger partial charge >= 0.3 is 17.9 Å². The predicted molar refractivity (Wildman–Crippen MR) is 230 cm³/mol. The zero-order valence-corrected chi connectivity index (χ0v) is 34.5. The van der Waals surface area contributed by atoms with Gasteiger partial charge in [-0.05, 0) is 53.1 Å². The smallest absolute Gasteiger partial charge is 0.338 e. The highest BCUT2D eigenvalue weighted by atomic mass is 35.6. The molecule has 5 atom stereocenters. The van der Waals surface area contributed by atoms with E-state index in [9.17, 15) is 14.4 Å². The molecule has 1 fully saturated rings. The fourth-order valence-electron chi connectivity index (χ4n) is 6.97. The van der Waals surface area contributed by atoms with Crippen LogP contribution < -0.4 is 0 Å². The highest BCUT2D eigenvalue weighted by Gasteiger charge is 2.55. The number of benzene rings is 6. The van der Waals surface area contributed by atoms with Crippen molar-refractivity contribution in [2.24, 2.45) is 0 Å². The summed E-state index contributed by atoms with van der Waals surface area (Å²) in [6.45, 7) is -0.384. The van der Waals surface area contributed by atoms with Gasteiger partial charge in [-0.3, -0.25) is 5.41 Å². The molecule has 0 radical (unpaired) electrons. The summed E-state index contributed by atoms with van der Waals surface area (Å²) in [5.41, 5.74) is 1.33. The highest BCUT2D eigenvalue weighted by molar-refractivity contribution is 6.76. The van der Waals surface area contributed by atoms with Gasteiger partial charge in [0.2, 0.25) is 18.3 Å². The molecule has 7 rings (SSSR count). The van der Waals surface area contributed by atoms with E-state index in [1.807, 2.05) is 91.0 Å². The first-order valence-electron chi connectivity index (χ1n) is 19.1. The van der Waals surface area contributed by atoms with E-state index in [0.717, 1.165) is 16.7 Å². The van der Waals surface area contributed by atoms with E-state index < -0.39 is 63.9 Å². The summed E-state index contributed by atoms with van der Waals surface area (Å²) < 4.78 is 35.7. The monoisotopic (exact) mass is 877 g/mol. The van der Waals surface area contributed by atoms with Gasteiger partial charge in [0.25, 0.3) is 3.79 Å². The van der Waals surface area contributed by atoms with Crippen LogP contribution in [-0.2, 0) is 34.0 Å². The number of hydrogen-bond acceptors (Lipinski definition) is 10. The lowest BCUT2D eigenvalue weighted by Gasteiger charge is -2.45. The number of hydrogen-bond donors (Lipinski definition) is 1. The minimum absolute atomic E-state index is 0.118. The predicted octanol–water partition coefficient (Wildman–Crippen LogP) is 9.76. The normalized spacial score (nSPS) is 18.9. The Morgan fingerprint density at radius 2 is 0.803 bits per heavy atom. The van der Waals surface area contributed by atoms with E-state index in [4.69, 9.17) is 68.6 Å². The zero-order chi connectivity index (χ0) is 42.8. The molecule has 1 saturated heterocycles. The van der Waals surface area contributed by atoms with Crippen LogP contribution in [0.5, 0.6) is 0 Å². The fourth-order valence-corrected chi connectivity index (χ4v) is 7.10. The van der Waals surface area contributed by atoms with Crippen LogP contribution in [0.2, 0.25) is 0 Å². The Morgan fingerprint density at radius 3 is 1.16 bits per heavy atom. The van der Waals surface area contributed by atoms with Gasteiger partial charge in [-0.1, -0.05) is 180 Å². The quantitative estimate of drug-likeness (QED) is 0.0301. The third kappa shape index (κ3) is 10.1. The Hall–Kier alpha value is -6.01. The van der Waals surface area contributed by atoms with Gasteiger partial charge < -0.3 is 28.4 Å². The van der Waals surface area contributed by atoms with Crippen molar-refractivity contribution in [3.63, 3.8) is 0 Å². The number of alkyl halides is 3. The van der Waals surface area contributed by atoms with Gasteiger partial charge in [-0.25, -0.2) is 14.4 Å². The van der Waals surface area contributed by atoms with Crippen LogP contribution in [0.1, 0.15) is 47.8 Å². The van der Waals surface area contributed by atoms with Gasteiger partial charge in [0.15, 0.2) is 12.2 Å². The Kier molecular flexibility index (Phi) is 13.8. The molecule has 0 unspecified atom stereocenters. The minimum atomic E-state index is -2.40. The van der Waals surface area contributed by atoms with Crippen molar-refractivity contribution >= 4 is 58.6 Å². The lowest BCUT2D eigenvalue weighted by atomic mass is 9.80. The Labute approximate surface area is 367 Å². The lowest BCUT2D eigenvalue weighted by Crippen LogP contribution is -2.63. The molecule has 0 aliphatic carbocycles. The number of carbonyl (C=O) groups is 3. The third-order valence-electron chi connectivity index (χ3n) is 9.85. The molecule has 1 N–H and O–H groups in total. The molecular formula is C48H38Cl3NO9. The topological polar surface area (TPSA) is 130 Å². The van der Waals surface area contributed by atoms with Gasteiger partial charge in [0.05, 0.1) is 23.3 Å². The first kappa shape index (κ1) is 43.1. The number of ether oxygens (including phenoxy) is 6. The van der Waals surface area contributed by atoms with Gasteiger partial charge in [0, 0.05) is 0 Å². The summed E-state index contributed by atoms with van der Waals surface area (Å²) in [6.07, 6.45) is -8.15. The maximum Gasteiger partial charge on any atom is 0.338 e. The number of rotatable bonds is 13.